The first-order valence-corrected chi connectivity index (χ1v) is 6.38. The Morgan fingerprint density at radius 2 is 1.81 bits per heavy atom. The maximum absolute atomic E-state index is 12.0. The van der Waals surface area contributed by atoms with Crippen LogP contribution < -0.4 is 5.32 Å². The van der Waals surface area contributed by atoms with Crippen molar-refractivity contribution in [3.05, 3.63) is 29.3 Å². The van der Waals surface area contributed by atoms with Crippen LogP contribution in [0.15, 0.2) is 18.2 Å². The van der Waals surface area contributed by atoms with E-state index in [0.717, 1.165) is 4.90 Å². The summed E-state index contributed by atoms with van der Waals surface area (Å²) in [6.07, 6.45) is 0.610. The molecule has 0 radical (unpaired) electrons. The van der Waals surface area contributed by atoms with Crippen molar-refractivity contribution in [3.63, 3.8) is 0 Å². The number of carbonyl (C=O) groups is 4. The van der Waals surface area contributed by atoms with Crippen LogP contribution in [0.3, 0.4) is 0 Å². The Labute approximate surface area is 119 Å². The highest BCUT2D eigenvalue weighted by Crippen LogP contribution is 2.46. The minimum Gasteiger partial charge on any atom is -0.480 e. The van der Waals surface area contributed by atoms with Gasteiger partial charge in [0.2, 0.25) is 5.91 Å². The fraction of sp³-hybridized carbons (Fsp3) is 0.286. The number of fused-ring (bicyclic) bond motifs is 1. The largest absolute Gasteiger partial charge is 0.480 e. The molecule has 0 spiro atoms. The third-order valence-electron chi connectivity index (χ3n) is 3.94. The third-order valence-corrected chi connectivity index (χ3v) is 3.94. The lowest BCUT2D eigenvalue weighted by atomic mass is 10.1. The zero-order chi connectivity index (χ0) is 15.4. The predicted octanol–water partition coefficient (Wildman–Crippen LogP) is 0.716. The van der Waals surface area contributed by atoms with E-state index < -0.39 is 29.1 Å². The van der Waals surface area contributed by atoms with E-state index in [4.69, 9.17) is 5.11 Å². The number of carboxylic acid groups (broad SMARTS) is 1. The minimum absolute atomic E-state index is 0.209. The average Bonchev–Trinajstić information content (AvgIpc) is 3.23. The van der Waals surface area contributed by atoms with E-state index in [1.807, 2.05) is 0 Å². The van der Waals surface area contributed by atoms with Gasteiger partial charge in [-0.2, -0.15) is 0 Å². The Morgan fingerprint density at radius 3 is 2.38 bits per heavy atom. The second-order valence-corrected chi connectivity index (χ2v) is 5.27. The SMILES string of the molecule is CN1C(=O)c2ccc(NC(=O)C3(C(=O)O)CC3)cc2C1=O. The lowest BCUT2D eigenvalue weighted by Gasteiger charge is -2.11. The molecule has 1 aliphatic heterocycles. The van der Waals surface area contributed by atoms with E-state index >= 15 is 0 Å². The number of carbonyl (C=O) groups excluding carboxylic acids is 3. The Bertz CT molecular complexity index is 705. The van der Waals surface area contributed by atoms with Gasteiger partial charge in [-0.25, -0.2) is 0 Å². The van der Waals surface area contributed by atoms with Gasteiger partial charge in [0.25, 0.3) is 11.8 Å². The van der Waals surface area contributed by atoms with Crippen LogP contribution in [0.1, 0.15) is 33.6 Å². The molecule has 0 atom stereocenters. The van der Waals surface area contributed by atoms with Crippen LogP contribution in [-0.4, -0.2) is 40.7 Å². The molecular formula is C14H12N2O5. The highest BCUT2D eigenvalue weighted by molar-refractivity contribution is 6.21. The molecule has 1 aromatic carbocycles. The van der Waals surface area contributed by atoms with Crippen LogP contribution in [0, 0.1) is 5.41 Å². The number of amides is 3. The number of benzene rings is 1. The maximum atomic E-state index is 12.0. The fourth-order valence-electron chi connectivity index (χ4n) is 2.35. The predicted molar refractivity (Wildman–Crippen MR) is 70.8 cm³/mol. The molecule has 108 valence electrons. The Kier molecular flexibility index (Phi) is 2.62. The number of hydrogen-bond acceptors (Lipinski definition) is 4. The van der Waals surface area contributed by atoms with Gasteiger partial charge in [-0.05, 0) is 31.0 Å². The van der Waals surface area contributed by atoms with Crippen LogP contribution in [0.25, 0.3) is 0 Å². The Morgan fingerprint density at radius 1 is 1.19 bits per heavy atom. The smallest absolute Gasteiger partial charge is 0.319 e. The van der Waals surface area contributed by atoms with Gasteiger partial charge >= 0.3 is 5.97 Å². The van der Waals surface area contributed by atoms with Gasteiger partial charge in [0.15, 0.2) is 0 Å². The number of hydrogen-bond donors (Lipinski definition) is 2. The molecule has 0 saturated heterocycles. The molecule has 3 rings (SSSR count). The van der Waals surface area contributed by atoms with Crippen LogP contribution in [0.5, 0.6) is 0 Å². The van der Waals surface area contributed by atoms with Gasteiger partial charge < -0.3 is 10.4 Å². The minimum atomic E-state index is -1.35. The first-order chi connectivity index (χ1) is 9.86. The van der Waals surface area contributed by atoms with Crippen LogP contribution >= 0.6 is 0 Å². The van der Waals surface area contributed by atoms with Gasteiger partial charge in [0, 0.05) is 12.7 Å². The fourth-order valence-corrected chi connectivity index (χ4v) is 2.35. The summed E-state index contributed by atoms with van der Waals surface area (Å²) in [7, 11) is 1.38. The summed E-state index contributed by atoms with van der Waals surface area (Å²) >= 11 is 0. The van der Waals surface area contributed by atoms with Crippen molar-refractivity contribution in [1.82, 2.24) is 4.90 Å². The topological polar surface area (TPSA) is 104 Å². The van der Waals surface area contributed by atoms with Gasteiger partial charge in [-0.1, -0.05) is 0 Å². The lowest BCUT2D eigenvalue weighted by Crippen LogP contribution is -2.31. The summed E-state index contributed by atoms with van der Waals surface area (Å²) in [6.45, 7) is 0. The summed E-state index contributed by atoms with van der Waals surface area (Å²) in [5, 5.41) is 11.6. The molecular weight excluding hydrogens is 276 g/mol. The molecule has 7 heteroatoms. The number of nitrogens with zero attached hydrogens (tertiary/aromatic N) is 1. The van der Waals surface area contributed by atoms with E-state index in [1.54, 1.807) is 0 Å². The van der Waals surface area contributed by atoms with E-state index in [0.29, 0.717) is 18.5 Å². The quantitative estimate of drug-likeness (QED) is 0.630. The average molecular weight is 288 g/mol. The zero-order valence-corrected chi connectivity index (χ0v) is 11.2. The maximum Gasteiger partial charge on any atom is 0.319 e. The Balaban J connectivity index is 1.87. The summed E-state index contributed by atoms with van der Waals surface area (Å²) in [5.41, 5.74) is -0.557. The van der Waals surface area contributed by atoms with Crippen molar-refractivity contribution in [2.75, 3.05) is 12.4 Å². The van der Waals surface area contributed by atoms with Gasteiger partial charge in [-0.15, -0.1) is 0 Å². The molecule has 1 fully saturated rings. The third kappa shape index (κ3) is 1.81. The Hall–Kier alpha value is -2.70. The van der Waals surface area contributed by atoms with Crippen LogP contribution in [-0.2, 0) is 9.59 Å². The van der Waals surface area contributed by atoms with Crippen LogP contribution in [0.4, 0.5) is 5.69 Å². The van der Waals surface area contributed by atoms with Crippen molar-refractivity contribution in [1.29, 1.82) is 0 Å². The van der Waals surface area contributed by atoms with E-state index in [-0.39, 0.29) is 11.1 Å². The molecule has 2 aliphatic rings. The summed E-state index contributed by atoms with van der Waals surface area (Å²) in [5.74, 6) is -2.57. The van der Waals surface area contributed by atoms with Crippen molar-refractivity contribution in [2.45, 2.75) is 12.8 Å². The zero-order valence-electron chi connectivity index (χ0n) is 11.2. The highest BCUT2D eigenvalue weighted by Gasteiger charge is 2.57. The molecule has 1 saturated carbocycles. The molecule has 2 N–H and O–H groups in total. The molecule has 0 aromatic heterocycles. The lowest BCUT2D eigenvalue weighted by molar-refractivity contribution is -0.147. The van der Waals surface area contributed by atoms with Gasteiger partial charge in [0.05, 0.1) is 11.1 Å². The standard InChI is InChI=1S/C14H12N2O5/c1-16-10(17)8-3-2-7(6-9(8)11(16)18)15-12(19)14(4-5-14)13(20)21/h2-3,6H,4-5H2,1H3,(H,15,19)(H,20,21). The molecule has 1 heterocycles. The summed E-state index contributed by atoms with van der Waals surface area (Å²) in [4.78, 5) is 47.7. The number of nitrogens with one attached hydrogen (secondary N) is 1. The first-order valence-electron chi connectivity index (χ1n) is 6.38. The number of anilines is 1. The molecule has 21 heavy (non-hydrogen) atoms. The molecule has 7 nitrogen and oxygen atoms in total. The van der Waals surface area contributed by atoms with Crippen molar-refractivity contribution < 1.29 is 24.3 Å². The van der Waals surface area contributed by atoms with Crippen molar-refractivity contribution in [3.8, 4) is 0 Å². The van der Waals surface area contributed by atoms with E-state index in [1.165, 1.54) is 25.2 Å². The number of carboxylic acids is 1. The summed E-state index contributed by atoms with van der Waals surface area (Å²) in [6, 6.07) is 4.34. The second-order valence-electron chi connectivity index (χ2n) is 5.27. The first kappa shape index (κ1) is 13.3. The normalized spacial score (nSPS) is 18.4. The van der Waals surface area contributed by atoms with Crippen LogP contribution in [0.2, 0.25) is 0 Å². The highest BCUT2D eigenvalue weighted by atomic mass is 16.4. The monoisotopic (exact) mass is 288 g/mol. The van der Waals surface area contributed by atoms with Gasteiger partial charge in [0.1, 0.15) is 5.41 Å². The molecule has 1 aliphatic carbocycles. The van der Waals surface area contributed by atoms with E-state index in [9.17, 15) is 19.2 Å². The number of aliphatic carboxylic acids is 1. The van der Waals surface area contributed by atoms with Crippen molar-refractivity contribution in [2.24, 2.45) is 5.41 Å². The van der Waals surface area contributed by atoms with E-state index in [2.05, 4.69) is 5.32 Å². The number of imide groups is 1. The summed E-state index contributed by atoms with van der Waals surface area (Å²) < 4.78 is 0. The van der Waals surface area contributed by atoms with Crippen molar-refractivity contribution >= 4 is 29.4 Å². The van der Waals surface area contributed by atoms with Gasteiger partial charge in [-0.3, -0.25) is 24.1 Å². The number of rotatable bonds is 3. The molecule has 3 amide bonds. The second kappa shape index (κ2) is 4.15. The molecule has 0 bridgehead atoms. The molecule has 1 aromatic rings. The molecule has 0 unspecified atom stereocenters.